The highest BCUT2D eigenvalue weighted by Crippen LogP contribution is 1.87. The summed E-state index contributed by atoms with van der Waals surface area (Å²) in [7, 11) is -1.87. The molecule has 5 heteroatoms. The van der Waals surface area contributed by atoms with E-state index < -0.39 is 16.8 Å². The van der Waals surface area contributed by atoms with E-state index in [-0.39, 0.29) is 0 Å². The topological polar surface area (TPSA) is 57.6 Å². The van der Waals surface area contributed by atoms with Crippen molar-refractivity contribution >= 4 is 10.0 Å². The molecule has 0 atom stereocenters. The molecule has 0 saturated heterocycles. The van der Waals surface area contributed by atoms with Crippen LogP contribution in [0.1, 0.15) is 0 Å². The second-order valence-electron chi connectivity index (χ2n) is 1.50. The van der Waals surface area contributed by atoms with Crippen molar-refractivity contribution in [2.75, 3.05) is 20.0 Å². The first-order valence-electron chi connectivity index (χ1n) is 2.00. The summed E-state index contributed by atoms with van der Waals surface area (Å²) in [5.74, 6) is 0. The van der Waals surface area contributed by atoms with Crippen molar-refractivity contribution in [2.45, 2.75) is 0 Å². The Morgan fingerprint density at radius 3 is 2.00 bits per heavy atom. The zero-order valence-electron chi connectivity index (χ0n) is 4.83. The SMILES string of the molecule is CN(CO)S(C)(=O)=O. The lowest BCUT2D eigenvalue weighted by molar-refractivity contribution is 0.200. The Balaban J connectivity index is 4.04. The summed E-state index contributed by atoms with van der Waals surface area (Å²) in [4.78, 5) is 0. The van der Waals surface area contributed by atoms with Gasteiger partial charge in [-0.05, 0) is 0 Å². The van der Waals surface area contributed by atoms with E-state index >= 15 is 0 Å². The molecule has 50 valence electrons. The van der Waals surface area contributed by atoms with Gasteiger partial charge in [0, 0.05) is 7.05 Å². The lowest BCUT2D eigenvalue weighted by atomic mass is 11.2. The smallest absolute Gasteiger partial charge is 0.212 e. The molecular formula is C3H9NO3S. The molecule has 0 radical (unpaired) electrons. The predicted octanol–water partition coefficient (Wildman–Crippen LogP) is -1.17. The van der Waals surface area contributed by atoms with E-state index in [9.17, 15) is 8.42 Å². The summed E-state index contributed by atoms with van der Waals surface area (Å²) in [5.41, 5.74) is 0. The Kier molecular flexibility index (Phi) is 2.39. The molecule has 0 fully saturated rings. The number of rotatable bonds is 2. The molecule has 0 aliphatic carbocycles. The van der Waals surface area contributed by atoms with Gasteiger partial charge in [-0.1, -0.05) is 0 Å². The lowest BCUT2D eigenvalue weighted by Gasteiger charge is -2.07. The third-order valence-corrected chi connectivity index (χ3v) is 2.01. The minimum Gasteiger partial charge on any atom is -0.380 e. The molecule has 0 amide bonds. The van der Waals surface area contributed by atoms with Gasteiger partial charge in [0.15, 0.2) is 0 Å². The van der Waals surface area contributed by atoms with E-state index in [4.69, 9.17) is 5.11 Å². The quantitative estimate of drug-likeness (QED) is 0.490. The van der Waals surface area contributed by atoms with Crippen molar-refractivity contribution < 1.29 is 13.5 Å². The van der Waals surface area contributed by atoms with Gasteiger partial charge in [0.25, 0.3) is 0 Å². The number of aliphatic hydroxyl groups is 1. The summed E-state index contributed by atoms with van der Waals surface area (Å²) in [6.45, 7) is -0.459. The van der Waals surface area contributed by atoms with Crippen LogP contribution in [0.5, 0.6) is 0 Å². The van der Waals surface area contributed by atoms with Gasteiger partial charge < -0.3 is 5.11 Å². The van der Waals surface area contributed by atoms with E-state index in [1.54, 1.807) is 0 Å². The van der Waals surface area contributed by atoms with Gasteiger partial charge in [-0.15, -0.1) is 0 Å². The van der Waals surface area contributed by atoms with Gasteiger partial charge >= 0.3 is 0 Å². The van der Waals surface area contributed by atoms with Crippen molar-refractivity contribution in [3.05, 3.63) is 0 Å². The first-order chi connectivity index (χ1) is 3.48. The fourth-order valence-corrected chi connectivity index (χ4v) is 0.315. The van der Waals surface area contributed by atoms with Crippen LogP contribution in [0, 0.1) is 0 Å². The third-order valence-electron chi connectivity index (χ3n) is 0.765. The normalized spacial score (nSPS) is 12.5. The molecule has 0 aromatic rings. The maximum Gasteiger partial charge on any atom is 0.212 e. The minimum atomic E-state index is -3.17. The molecule has 1 N–H and O–H groups in total. The summed E-state index contributed by atoms with van der Waals surface area (Å²) in [5, 5.41) is 8.22. The summed E-state index contributed by atoms with van der Waals surface area (Å²) in [6, 6.07) is 0. The van der Waals surface area contributed by atoms with Gasteiger partial charge in [-0.25, -0.2) is 8.42 Å². The molecule has 0 unspecified atom stereocenters. The van der Waals surface area contributed by atoms with Crippen LogP contribution in [0.15, 0.2) is 0 Å². The number of hydrogen-bond donors (Lipinski definition) is 1. The molecule has 0 heterocycles. The molecule has 4 nitrogen and oxygen atoms in total. The van der Waals surface area contributed by atoms with E-state index in [0.717, 1.165) is 10.6 Å². The van der Waals surface area contributed by atoms with Crippen LogP contribution in [0.2, 0.25) is 0 Å². The first-order valence-corrected chi connectivity index (χ1v) is 3.85. The Labute approximate surface area is 48.8 Å². The maximum atomic E-state index is 10.3. The van der Waals surface area contributed by atoms with Gasteiger partial charge in [0.1, 0.15) is 6.73 Å². The number of aliphatic hydroxyl groups excluding tert-OH is 1. The largest absolute Gasteiger partial charge is 0.380 e. The molecule has 0 aromatic carbocycles. The van der Waals surface area contributed by atoms with E-state index in [2.05, 4.69) is 0 Å². The van der Waals surface area contributed by atoms with E-state index in [1.165, 1.54) is 7.05 Å². The standard InChI is InChI=1S/C3H9NO3S/c1-4(3-5)8(2,6)7/h5H,3H2,1-2H3. The Bertz CT molecular complexity index is 150. The fraction of sp³-hybridized carbons (Fsp3) is 1.00. The van der Waals surface area contributed by atoms with Gasteiger partial charge in [-0.3, -0.25) is 0 Å². The highest BCUT2D eigenvalue weighted by Gasteiger charge is 2.06. The van der Waals surface area contributed by atoms with Gasteiger partial charge in [0.2, 0.25) is 10.0 Å². The van der Waals surface area contributed by atoms with Crippen LogP contribution in [0.25, 0.3) is 0 Å². The monoisotopic (exact) mass is 139 g/mol. The molecule has 0 bridgehead atoms. The second kappa shape index (κ2) is 2.43. The molecular weight excluding hydrogens is 130 g/mol. The average molecular weight is 139 g/mol. The van der Waals surface area contributed by atoms with Crippen LogP contribution >= 0.6 is 0 Å². The molecule has 8 heavy (non-hydrogen) atoms. The summed E-state index contributed by atoms with van der Waals surface area (Å²) in [6.07, 6.45) is 1.03. The van der Waals surface area contributed by atoms with Crippen molar-refractivity contribution in [1.29, 1.82) is 0 Å². The molecule has 0 aromatic heterocycles. The summed E-state index contributed by atoms with van der Waals surface area (Å²) >= 11 is 0. The molecule has 0 rings (SSSR count). The van der Waals surface area contributed by atoms with Crippen LogP contribution in [-0.2, 0) is 10.0 Å². The van der Waals surface area contributed by atoms with Crippen molar-refractivity contribution in [1.82, 2.24) is 4.31 Å². The maximum absolute atomic E-state index is 10.3. The molecule has 0 aliphatic heterocycles. The van der Waals surface area contributed by atoms with Crippen LogP contribution in [0.3, 0.4) is 0 Å². The lowest BCUT2D eigenvalue weighted by Crippen LogP contribution is -2.25. The zero-order valence-corrected chi connectivity index (χ0v) is 5.64. The van der Waals surface area contributed by atoms with Crippen LogP contribution < -0.4 is 0 Å². The van der Waals surface area contributed by atoms with Gasteiger partial charge in [0.05, 0.1) is 6.26 Å². The highest BCUT2D eigenvalue weighted by atomic mass is 32.2. The van der Waals surface area contributed by atoms with Gasteiger partial charge in [-0.2, -0.15) is 4.31 Å². The Morgan fingerprint density at radius 2 is 2.00 bits per heavy atom. The first kappa shape index (κ1) is 7.87. The molecule has 0 spiro atoms. The highest BCUT2D eigenvalue weighted by molar-refractivity contribution is 7.88. The average Bonchev–Trinajstić information content (AvgIpc) is 1.62. The minimum absolute atomic E-state index is 0.459. The predicted molar refractivity (Wildman–Crippen MR) is 29.7 cm³/mol. The summed E-state index contributed by atoms with van der Waals surface area (Å²) < 4.78 is 21.5. The van der Waals surface area contributed by atoms with Crippen molar-refractivity contribution in [3.8, 4) is 0 Å². The number of sulfonamides is 1. The van der Waals surface area contributed by atoms with E-state index in [1.807, 2.05) is 0 Å². The Morgan fingerprint density at radius 1 is 1.62 bits per heavy atom. The zero-order chi connectivity index (χ0) is 6.78. The van der Waals surface area contributed by atoms with Crippen molar-refractivity contribution in [3.63, 3.8) is 0 Å². The van der Waals surface area contributed by atoms with Crippen LogP contribution in [0.4, 0.5) is 0 Å². The van der Waals surface area contributed by atoms with Crippen LogP contribution in [-0.4, -0.2) is 37.9 Å². The Hall–Kier alpha value is -0.130. The number of nitrogens with zero attached hydrogens (tertiary/aromatic N) is 1. The van der Waals surface area contributed by atoms with E-state index in [0.29, 0.717) is 0 Å². The third kappa shape index (κ3) is 2.25. The second-order valence-corrected chi connectivity index (χ2v) is 3.59. The molecule has 0 saturated carbocycles. The molecule has 0 aliphatic rings. The van der Waals surface area contributed by atoms with Crippen molar-refractivity contribution in [2.24, 2.45) is 0 Å². The number of hydrogen-bond acceptors (Lipinski definition) is 3. The fourth-order valence-electron chi connectivity index (χ4n) is 0.105.